The lowest BCUT2D eigenvalue weighted by Crippen LogP contribution is -2.25. The summed E-state index contributed by atoms with van der Waals surface area (Å²) in [6, 6.07) is 5.98. The summed E-state index contributed by atoms with van der Waals surface area (Å²) < 4.78 is 65.7. The van der Waals surface area contributed by atoms with Crippen molar-refractivity contribution in [3.63, 3.8) is 0 Å². The summed E-state index contributed by atoms with van der Waals surface area (Å²) in [6.07, 6.45) is 0. The third-order valence-electron chi connectivity index (χ3n) is 2.76. The Kier molecular flexibility index (Phi) is 4.19. The molecule has 8 heteroatoms. The van der Waals surface area contributed by atoms with Crippen LogP contribution in [0.1, 0.15) is 5.56 Å². The van der Waals surface area contributed by atoms with Gasteiger partial charge in [0.1, 0.15) is 22.3 Å². The molecule has 4 nitrogen and oxygen atoms in total. The maximum atomic E-state index is 13.4. The van der Waals surface area contributed by atoms with E-state index in [4.69, 9.17) is 5.73 Å². The normalized spacial score (nSPS) is 11.6. The summed E-state index contributed by atoms with van der Waals surface area (Å²) in [4.78, 5) is -0.459. The standard InChI is InChI=1S/C13H11F3N2O2S/c14-9-4-5-10(15)8(6-9)7-18-21(19,20)12-3-1-2-11(16)13(12)17/h1-6,18H,7,17H2. The van der Waals surface area contributed by atoms with E-state index in [0.29, 0.717) is 0 Å². The summed E-state index contributed by atoms with van der Waals surface area (Å²) in [5, 5.41) is 0. The van der Waals surface area contributed by atoms with Gasteiger partial charge in [0.15, 0.2) is 0 Å². The van der Waals surface area contributed by atoms with Crippen LogP contribution in [0, 0.1) is 17.5 Å². The van der Waals surface area contributed by atoms with Crippen molar-refractivity contribution in [2.24, 2.45) is 0 Å². The maximum absolute atomic E-state index is 13.4. The third kappa shape index (κ3) is 3.34. The van der Waals surface area contributed by atoms with Gasteiger partial charge in [-0.15, -0.1) is 0 Å². The summed E-state index contributed by atoms with van der Waals surface area (Å²) in [7, 11) is -4.15. The number of rotatable bonds is 4. The first kappa shape index (κ1) is 15.3. The highest BCUT2D eigenvalue weighted by Gasteiger charge is 2.19. The van der Waals surface area contributed by atoms with Crippen molar-refractivity contribution in [2.75, 3.05) is 5.73 Å². The van der Waals surface area contributed by atoms with Crippen LogP contribution in [-0.4, -0.2) is 8.42 Å². The Morgan fingerprint density at radius 1 is 1.05 bits per heavy atom. The molecule has 0 aliphatic carbocycles. The van der Waals surface area contributed by atoms with Crippen molar-refractivity contribution in [1.29, 1.82) is 0 Å². The van der Waals surface area contributed by atoms with E-state index in [2.05, 4.69) is 0 Å². The fourth-order valence-electron chi connectivity index (χ4n) is 1.68. The Bertz CT molecular complexity index is 779. The molecule has 0 aliphatic heterocycles. The van der Waals surface area contributed by atoms with Crippen LogP contribution in [0.15, 0.2) is 41.3 Å². The second-order valence-corrected chi connectivity index (χ2v) is 5.95. The van der Waals surface area contributed by atoms with Crippen LogP contribution in [0.4, 0.5) is 18.9 Å². The van der Waals surface area contributed by atoms with Crippen LogP contribution >= 0.6 is 0 Å². The van der Waals surface area contributed by atoms with Crippen LogP contribution in [-0.2, 0) is 16.6 Å². The molecule has 0 spiro atoms. The van der Waals surface area contributed by atoms with Gasteiger partial charge in [0.05, 0.1) is 5.69 Å². The number of nitrogens with one attached hydrogen (secondary N) is 1. The highest BCUT2D eigenvalue weighted by Crippen LogP contribution is 2.21. The maximum Gasteiger partial charge on any atom is 0.243 e. The summed E-state index contributed by atoms with van der Waals surface area (Å²) in [5.74, 6) is -2.34. The lowest BCUT2D eigenvalue weighted by atomic mass is 10.2. The van der Waals surface area contributed by atoms with Crippen molar-refractivity contribution in [3.05, 3.63) is 59.4 Å². The van der Waals surface area contributed by atoms with Gasteiger partial charge in [-0.3, -0.25) is 0 Å². The molecule has 2 aromatic rings. The molecule has 0 atom stereocenters. The molecular weight excluding hydrogens is 305 g/mol. The molecule has 0 fully saturated rings. The van der Waals surface area contributed by atoms with Gasteiger partial charge in [-0.25, -0.2) is 26.3 Å². The lowest BCUT2D eigenvalue weighted by Gasteiger charge is -2.10. The Hall–Kier alpha value is -2.06. The fourth-order valence-corrected chi connectivity index (χ4v) is 2.83. The summed E-state index contributed by atoms with van der Waals surface area (Å²) in [5.41, 5.74) is 4.65. The number of benzene rings is 2. The average molecular weight is 316 g/mol. The molecule has 0 heterocycles. The number of para-hydroxylation sites is 1. The molecule has 0 saturated heterocycles. The zero-order valence-corrected chi connectivity index (χ0v) is 11.4. The Balaban J connectivity index is 2.26. The molecule has 0 aromatic heterocycles. The van der Waals surface area contributed by atoms with E-state index < -0.39 is 44.6 Å². The van der Waals surface area contributed by atoms with Gasteiger partial charge < -0.3 is 5.73 Å². The van der Waals surface area contributed by atoms with Gasteiger partial charge in [0, 0.05) is 12.1 Å². The zero-order valence-electron chi connectivity index (χ0n) is 10.6. The van der Waals surface area contributed by atoms with E-state index in [1.54, 1.807) is 0 Å². The fraction of sp³-hybridized carbons (Fsp3) is 0.0769. The number of nitrogen functional groups attached to an aromatic ring is 1. The molecular formula is C13H11F3N2O2S. The van der Waals surface area contributed by atoms with Crippen molar-refractivity contribution in [3.8, 4) is 0 Å². The van der Waals surface area contributed by atoms with Crippen LogP contribution in [0.5, 0.6) is 0 Å². The summed E-state index contributed by atoms with van der Waals surface area (Å²) in [6.45, 7) is -0.484. The Morgan fingerprint density at radius 2 is 1.76 bits per heavy atom. The largest absolute Gasteiger partial charge is 0.395 e. The number of anilines is 1. The van der Waals surface area contributed by atoms with Gasteiger partial charge in [-0.2, -0.15) is 0 Å². The minimum Gasteiger partial charge on any atom is -0.395 e. The van der Waals surface area contributed by atoms with Crippen LogP contribution in [0.25, 0.3) is 0 Å². The van der Waals surface area contributed by atoms with Crippen LogP contribution in [0.3, 0.4) is 0 Å². The number of sulfonamides is 1. The molecule has 0 aliphatic rings. The predicted octanol–water partition coefficient (Wildman–Crippen LogP) is 2.16. The highest BCUT2D eigenvalue weighted by molar-refractivity contribution is 7.89. The third-order valence-corrected chi connectivity index (χ3v) is 4.22. The van der Waals surface area contributed by atoms with Gasteiger partial charge >= 0.3 is 0 Å². The van der Waals surface area contributed by atoms with Gasteiger partial charge in [0.25, 0.3) is 0 Å². The van der Waals surface area contributed by atoms with Crippen molar-refractivity contribution in [2.45, 2.75) is 11.4 Å². The minimum atomic E-state index is -4.15. The first-order valence-electron chi connectivity index (χ1n) is 5.79. The summed E-state index contributed by atoms with van der Waals surface area (Å²) >= 11 is 0. The number of hydrogen-bond acceptors (Lipinski definition) is 3. The second-order valence-electron chi connectivity index (χ2n) is 4.21. The Labute approximate surface area is 119 Å². The molecule has 21 heavy (non-hydrogen) atoms. The quantitative estimate of drug-likeness (QED) is 0.849. The molecule has 2 rings (SSSR count). The monoisotopic (exact) mass is 316 g/mol. The first-order valence-corrected chi connectivity index (χ1v) is 7.27. The average Bonchev–Trinajstić information content (AvgIpc) is 2.43. The van der Waals surface area contributed by atoms with Gasteiger partial charge in [0.2, 0.25) is 10.0 Å². The van der Waals surface area contributed by atoms with Crippen LogP contribution < -0.4 is 10.5 Å². The predicted molar refractivity (Wildman–Crippen MR) is 71.2 cm³/mol. The SMILES string of the molecule is Nc1c(F)cccc1S(=O)(=O)NCc1cc(F)ccc1F. The molecule has 112 valence electrons. The molecule has 0 amide bonds. The van der Waals surface area contributed by atoms with Gasteiger partial charge in [-0.05, 0) is 30.3 Å². The smallest absolute Gasteiger partial charge is 0.243 e. The lowest BCUT2D eigenvalue weighted by molar-refractivity contribution is 0.566. The number of hydrogen-bond donors (Lipinski definition) is 2. The molecule has 0 bridgehead atoms. The van der Waals surface area contributed by atoms with Crippen molar-refractivity contribution < 1.29 is 21.6 Å². The molecule has 0 radical (unpaired) electrons. The number of halogens is 3. The Morgan fingerprint density at radius 3 is 2.48 bits per heavy atom. The van der Waals surface area contributed by atoms with E-state index in [1.165, 1.54) is 6.07 Å². The van der Waals surface area contributed by atoms with E-state index >= 15 is 0 Å². The second kappa shape index (κ2) is 5.74. The topological polar surface area (TPSA) is 72.2 Å². The highest BCUT2D eigenvalue weighted by atomic mass is 32.2. The van der Waals surface area contributed by atoms with Crippen LogP contribution in [0.2, 0.25) is 0 Å². The van der Waals surface area contributed by atoms with E-state index in [-0.39, 0.29) is 5.56 Å². The molecule has 2 aromatic carbocycles. The van der Waals surface area contributed by atoms with Gasteiger partial charge in [-0.1, -0.05) is 6.07 Å². The van der Waals surface area contributed by atoms with Crippen molar-refractivity contribution in [1.82, 2.24) is 4.72 Å². The number of nitrogens with two attached hydrogens (primary N) is 1. The zero-order chi connectivity index (χ0) is 15.6. The first-order chi connectivity index (χ1) is 9.81. The molecule has 0 unspecified atom stereocenters. The van der Waals surface area contributed by atoms with E-state index in [0.717, 1.165) is 30.3 Å². The molecule has 3 N–H and O–H groups in total. The van der Waals surface area contributed by atoms with E-state index in [9.17, 15) is 21.6 Å². The van der Waals surface area contributed by atoms with Crippen molar-refractivity contribution >= 4 is 15.7 Å². The molecule has 0 saturated carbocycles. The minimum absolute atomic E-state index is 0.173. The van der Waals surface area contributed by atoms with E-state index in [1.807, 2.05) is 4.72 Å².